The van der Waals surface area contributed by atoms with Crippen LogP contribution in [0.1, 0.15) is 45.2 Å². The Labute approximate surface area is 131 Å². The third-order valence-electron chi connectivity index (χ3n) is 4.81. The smallest absolute Gasteiger partial charge is 0.195 e. The van der Waals surface area contributed by atoms with Crippen LogP contribution in [0.25, 0.3) is 4.96 Å². The van der Waals surface area contributed by atoms with Gasteiger partial charge >= 0.3 is 0 Å². The lowest BCUT2D eigenvalue weighted by molar-refractivity contribution is 0.393. The SMILES string of the molecule is CCC(N)Cc1c(N2CCC(CC)CC2)nc2sccn12. The van der Waals surface area contributed by atoms with Crippen LogP contribution >= 0.6 is 11.3 Å². The molecule has 1 fully saturated rings. The molecule has 116 valence electrons. The zero-order valence-electron chi connectivity index (χ0n) is 13.1. The van der Waals surface area contributed by atoms with Gasteiger partial charge in [0, 0.05) is 37.1 Å². The van der Waals surface area contributed by atoms with E-state index in [1.165, 1.54) is 30.8 Å². The monoisotopic (exact) mass is 306 g/mol. The molecule has 2 aromatic rings. The summed E-state index contributed by atoms with van der Waals surface area (Å²) in [6, 6.07) is 0.219. The van der Waals surface area contributed by atoms with E-state index in [9.17, 15) is 0 Å². The van der Waals surface area contributed by atoms with Crippen molar-refractivity contribution in [1.82, 2.24) is 9.38 Å². The van der Waals surface area contributed by atoms with Gasteiger partial charge in [0.25, 0.3) is 0 Å². The van der Waals surface area contributed by atoms with E-state index in [1.807, 2.05) is 0 Å². The van der Waals surface area contributed by atoms with E-state index in [4.69, 9.17) is 10.7 Å². The summed E-state index contributed by atoms with van der Waals surface area (Å²) in [5.74, 6) is 2.08. The number of rotatable bonds is 5. The fraction of sp³-hybridized carbons (Fsp3) is 0.688. The van der Waals surface area contributed by atoms with Crippen molar-refractivity contribution in [2.75, 3.05) is 18.0 Å². The van der Waals surface area contributed by atoms with E-state index in [1.54, 1.807) is 11.3 Å². The van der Waals surface area contributed by atoms with Gasteiger partial charge in [-0.15, -0.1) is 11.3 Å². The fourth-order valence-corrected chi connectivity index (χ4v) is 3.94. The average molecular weight is 306 g/mol. The maximum atomic E-state index is 6.21. The van der Waals surface area contributed by atoms with Gasteiger partial charge in [-0.2, -0.15) is 0 Å². The molecular formula is C16H26N4S. The molecule has 5 heteroatoms. The molecule has 0 saturated carbocycles. The first-order chi connectivity index (χ1) is 10.2. The van der Waals surface area contributed by atoms with Crippen LogP contribution < -0.4 is 10.6 Å². The number of nitrogens with two attached hydrogens (primary N) is 1. The van der Waals surface area contributed by atoms with Crippen molar-refractivity contribution in [3.8, 4) is 0 Å². The molecule has 0 aromatic carbocycles. The lowest BCUT2D eigenvalue weighted by Gasteiger charge is -2.32. The first kappa shape index (κ1) is 14.9. The Balaban J connectivity index is 1.87. The molecule has 3 rings (SSSR count). The van der Waals surface area contributed by atoms with E-state index in [0.29, 0.717) is 0 Å². The third kappa shape index (κ3) is 2.94. The Kier molecular flexibility index (Phi) is 4.50. The Morgan fingerprint density at radius 2 is 2.14 bits per heavy atom. The van der Waals surface area contributed by atoms with Crippen LogP contribution in [0.4, 0.5) is 5.82 Å². The molecule has 1 aliphatic heterocycles. The second kappa shape index (κ2) is 6.36. The van der Waals surface area contributed by atoms with Crippen molar-refractivity contribution in [1.29, 1.82) is 0 Å². The highest BCUT2D eigenvalue weighted by atomic mass is 32.1. The molecule has 3 heterocycles. The molecule has 1 atom stereocenters. The molecule has 1 unspecified atom stereocenters. The van der Waals surface area contributed by atoms with Crippen molar-refractivity contribution in [2.45, 2.75) is 52.0 Å². The molecule has 2 aromatic heterocycles. The van der Waals surface area contributed by atoms with Gasteiger partial charge in [0.05, 0.1) is 5.69 Å². The summed E-state index contributed by atoms with van der Waals surface area (Å²) in [6.07, 6.45) is 7.95. The molecule has 0 radical (unpaired) electrons. The molecule has 1 saturated heterocycles. The predicted octanol–water partition coefficient (Wildman–Crippen LogP) is 3.30. The Bertz CT molecular complexity index is 580. The summed E-state index contributed by atoms with van der Waals surface area (Å²) >= 11 is 1.71. The summed E-state index contributed by atoms with van der Waals surface area (Å²) < 4.78 is 2.24. The molecule has 21 heavy (non-hydrogen) atoms. The van der Waals surface area contributed by atoms with Crippen LogP contribution in [-0.2, 0) is 6.42 Å². The van der Waals surface area contributed by atoms with E-state index < -0.39 is 0 Å². The van der Waals surface area contributed by atoms with Gasteiger partial charge in [-0.3, -0.25) is 4.40 Å². The van der Waals surface area contributed by atoms with Gasteiger partial charge in [-0.25, -0.2) is 4.98 Å². The lowest BCUT2D eigenvalue weighted by Crippen LogP contribution is -2.35. The maximum absolute atomic E-state index is 6.21. The average Bonchev–Trinajstić information content (AvgIpc) is 3.10. The summed E-state index contributed by atoms with van der Waals surface area (Å²) in [5.41, 5.74) is 7.51. The highest BCUT2D eigenvalue weighted by Crippen LogP contribution is 2.30. The molecule has 1 aliphatic rings. The highest BCUT2D eigenvalue weighted by Gasteiger charge is 2.24. The van der Waals surface area contributed by atoms with E-state index >= 15 is 0 Å². The van der Waals surface area contributed by atoms with Crippen molar-refractivity contribution in [2.24, 2.45) is 11.7 Å². The van der Waals surface area contributed by atoms with Gasteiger partial charge in [0.1, 0.15) is 0 Å². The Morgan fingerprint density at radius 3 is 2.81 bits per heavy atom. The topological polar surface area (TPSA) is 46.6 Å². The highest BCUT2D eigenvalue weighted by molar-refractivity contribution is 7.15. The predicted molar refractivity (Wildman–Crippen MR) is 90.3 cm³/mol. The van der Waals surface area contributed by atoms with Crippen LogP contribution in [0.15, 0.2) is 11.6 Å². The van der Waals surface area contributed by atoms with E-state index in [-0.39, 0.29) is 6.04 Å². The zero-order valence-corrected chi connectivity index (χ0v) is 13.9. The number of aromatic nitrogens is 2. The van der Waals surface area contributed by atoms with E-state index in [2.05, 4.69) is 34.7 Å². The van der Waals surface area contributed by atoms with Gasteiger partial charge in [0.2, 0.25) is 0 Å². The number of hydrogen-bond acceptors (Lipinski definition) is 4. The third-order valence-corrected chi connectivity index (χ3v) is 5.57. The lowest BCUT2D eigenvalue weighted by atomic mass is 9.94. The normalized spacial score (nSPS) is 18.5. The van der Waals surface area contributed by atoms with Gasteiger partial charge in [-0.1, -0.05) is 20.3 Å². The minimum Gasteiger partial charge on any atom is -0.355 e. The first-order valence-electron chi connectivity index (χ1n) is 8.17. The summed E-state index contributed by atoms with van der Waals surface area (Å²) in [7, 11) is 0. The van der Waals surface area contributed by atoms with Crippen molar-refractivity contribution < 1.29 is 0 Å². The zero-order chi connectivity index (χ0) is 14.8. The quantitative estimate of drug-likeness (QED) is 0.922. The van der Waals surface area contributed by atoms with E-state index in [0.717, 1.165) is 36.8 Å². The number of thiazole rings is 1. The number of hydrogen-bond donors (Lipinski definition) is 1. The van der Waals surface area contributed by atoms with Gasteiger partial charge in [-0.05, 0) is 25.2 Å². The Hall–Kier alpha value is -1.07. The molecular weight excluding hydrogens is 280 g/mol. The molecule has 4 nitrogen and oxygen atoms in total. The maximum Gasteiger partial charge on any atom is 0.195 e. The molecule has 0 spiro atoms. The second-order valence-electron chi connectivity index (χ2n) is 6.15. The van der Waals surface area contributed by atoms with Crippen LogP contribution in [-0.4, -0.2) is 28.5 Å². The number of imidazole rings is 1. The van der Waals surface area contributed by atoms with Crippen LogP contribution in [0.3, 0.4) is 0 Å². The fourth-order valence-electron chi connectivity index (χ4n) is 3.21. The Morgan fingerprint density at radius 1 is 1.38 bits per heavy atom. The number of nitrogens with zero attached hydrogens (tertiary/aromatic N) is 3. The van der Waals surface area contributed by atoms with Crippen molar-refractivity contribution in [3.63, 3.8) is 0 Å². The number of fused-ring (bicyclic) bond motifs is 1. The summed E-state index contributed by atoms with van der Waals surface area (Å²) in [4.78, 5) is 8.46. The molecule has 0 amide bonds. The molecule has 0 bridgehead atoms. The minimum atomic E-state index is 0.219. The second-order valence-corrected chi connectivity index (χ2v) is 7.02. The van der Waals surface area contributed by atoms with Crippen LogP contribution in [0.2, 0.25) is 0 Å². The van der Waals surface area contributed by atoms with Crippen molar-refractivity contribution >= 4 is 22.1 Å². The first-order valence-corrected chi connectivity index (χ1v) is 9.05. The summed E-state index contributed by atoms with van der Waals surface area (Å²) in [5, 5.41) is 2.11. The van der Waals surface area contributed by atoms with Gasteiger partial charge in [0.15, 0.2) is 10.8 Å². The standard InChI is InChI=1S/C16H26N4S/c1-3-12-5-7-19(8-6-12)15-14(11-13(17)4-2)20-9-10-21-16(20)18-15/h9-10,12-13H,3-8,11,17H2,1-2H3. The molecule has 0 aliphatic carbocycles. The van der Waals surface area contributed by atoms with Crippen molar-refractivity contribution in [3.05, 3.63) is 17.3 Å². The number of anilines is 1. The number of piperidine rings is 1. The van der Waals surface area contributed by atoms with Gasteiger partial charge < -0.3 is 10.6 Å². The van der Waals surface area contributed by atoms with Crippen LogP contribution in [0, 0.1) is 5.92 Å². The minimum absolute atomic E-state index is 0.219. The summed E-state index contributed by atoms with van der Waals surface area (Å²) in [6.45, 7) is 6.73. The largest absolute Gasteiger partial charge is 0.355 e. The van der Waals surface area contributed by atoms with Crippen LogP contribution in [0.5, 0.6) is 0 Å². The molecule has 2 N–H and O–H groups in total.